The van der Waals surface area contributed by atoms with Gasteiger partial charge >= 0.3 is 0 Å². The van der Waals surface area contributed by atoms with Gasteiger partial charge in [-0.2, -0.15) is 0 Å². The van der Waals surface area contributed by atoms with E-state index in [0.29, 0.717) is 12.5 Å². The fraction of sp³-hybridized carbons (Fsp3) is 0.833. The van der Waals surface area contributed by atoms with E-state index in [0.717, 1.165) is 25.7 Å². The van der Waals surface area contributed by atoms with Crippen molar-refractivity contribution >= 4 is 11.8 Å². The summed E-state index contributed by atoms with van der Waals surface area (Å²) in [6.45, 7) is 2.59. The Morgan fingerprint density at radius 3 is 2.41 bits per heavy atom. The smallest absolute Gasteiger partial charge is 0.239 e. The summed E-state index contributed by atoms with van der Waals surface area (Å²) in [5.41, 5.74) is 5.30. The van der Waals surface area contributed by atoms with Crippen LogP contribution in [-0.2, 0) is 9.59 Å². The fourth-order valence-electron chi connectivity index (χ4n) is 2.28. The van der Waals surface area contributed by atoms with E-state index in [1.807, 2.05) is 0 Å². The number of hydrogen-bond donors (Lipinski definition) is 3. The summed E-state index contributed by atoms with van der Waals surface area (Å²) in [6, 6.07) is 0. The lowest BCUT2D eigenvalue weighted by Crippen LogP contribution is -2.49. The minimum atomic E-state index is -0.458. The van der Waals surface area contributed by atoms with E-state index in [1.54, 1.807) is 7.05 Å². The van der Waals surface area contributed by atoms with E-state index in [1.165, 1.54) is 0 Å². The van der Waals surface area contributed by atoms with Crippen molar-refractivity contribution in [3.63, 3.8) is 0 Å². The van der Waals surface area contributed by atoms with Gasteiger partial charge in [0.1, 0.15) is 0 Å². The molecule has 0 heterocycles. The Bertz CT molecular complexity index is 283. The van der Waals surface area contributed by atoms with E-state index >= 15 is 0 Å². The normalized spacial score (nSPS) is 28.5. The Kier molecular flexibility index (Phi) is 4.93. The van der Waals surface area contributed by atoms with Crippen LogP contribution in [0.15, 0.2) is 0 Å². The standard InChI is InChI=1S/C12H23N3O2/c1-9-3-5-12(8-13,6-4-9)11(17)15-7-10(16)14-2/h9H,3-8,13H2,1-2H3,(H,14,16)(H,15,17). The summed E-state index contributed by atoms with van der Waals surface area (Å²) in [5, 5.41) is 5.15. The third kappa shape index (κ3) is 3.43. The summed E-state index contributed by atoms with van der Waals surface area (Å²) in [6.07, 6.45) is 3.71. The quantitative estimate of drug-likeness (QED) is 0.648. The molecule has 0 aromatic carbocycles. The lowest BCUT2D eigenvalue weighted by molar-refractivity contribution is -0.134. The average molecular weight is 241 g/mol. The molecular formula is C12H23N3O2. The number of carbonyl (C=O) groups excluding carboxylic acids is 2. The molecule has 98 valence electrons. The van der Waals surface area contributed by atoms with Crippen LogP contribution in [0, 0.1) is 11.3 Å². The van der Waals surface area contributed by atoms with Crippen LogP contribution in [0.3, 0.4) is 0 Å². The number of nitrogens with one attached hydrogen (secondary N) is 2. The van der Waals surface area contributed by atoms with Crippen molar-refractivity contribution in [2.45, 2.75) is 32.6 Å². The minimum Gasteiger partial charge on any atom is -0.358 e. The van der Waals surface area contributed by atoms with Crippen molar-refractivity contribution in [1.29, 1.82) is 0 Å². The fourth-order valence-corrected chi connectivity index (χ4v) is 2.28. The van der Waals surface area contributed by atoms with Crippen LogP contribution in [0.2, 0.25) is 0 Å². The Morgan fingerprint density at radius 2 is 1.94 bits per heavy atom. The topological polar surface area (TPSA) is 84.2 Å². The van der Waals surface area contributed by atoms with Gasteiger partial charge in [0.25, 0.3) is 0 Å². The zero-order valence-corrected chi connectivity index (χ0v) is 10.7. The molecule has 4 N–H and O–H groups in total. The largest absolute Gasteiger partial charge is 0.358 e. The highest BCUT2D eigenvalue weighted by atomic mass is 16.2. The predicted molar refractivity (Wildman–Crippen MR) is 66.2 cm³/mol. The molecule has 0 atom stereocenters. The van der Waals surface area contributed by atoms with Crippen LogP contribution in [0.4, 0.5) is 0 Å². The van der Waals surface area contributed by atoms with Gasteiger partial charge < -0.3 is 16.4 Å². The molecular weight excluding hydrogens is 218 g/mol. The Labute approximate surface area is 103 Å². The van der Waals surface area contributed by atoms with Gasteiger partial charge in [-0.1, -0.05) is 6.92 Å². The molecule has 1 aliphatic carbocycles. The Hall–Kier alpha value is -1.10. The highest BCUT2D eigenvalue weighted by Crippen LogP contribution is 2.38. The SMILES string of the molecule is CNC(=O)CNC(=O)C1(CN)CCC(C)CC1. The van der Waals surface area contributed by atoms with Crippen LogP contribution in [-0.4, -0.2) is 32.0 Å². The second-order valence-electron chi connectivity index (χ2n) is 5.02. The molecule has 1 rings (SSSR count). The van der Waals surface area contributed by atoms with Crippen LogP contribution in [0.5, 0.6) is 0 Å². The van der Waals surface area contributed by atoms with Gasteiger partial charge in [0.05, 0.1) is 12.0 Å². The first-order valence-electron chi connectivity index (χ1n) is 6.23. The number of rotatable bonds is 4. The van der Waals surface area contributed by atoms with Crippen molar-refractivity contribution in [3.8, 4) is 0 Å². The highest BCUT2D eigenvalue weighted by Gasteiger charge is 2.39. The van der Waals surface area contributed by atoms with Crippen LogP contribution < -0.4 is 16.4 Å². The molecule has 0 radical (unpaired) electrons. The van der Waals surface area contributed by atoms with Gasteiger partial charge in [0.15, 0.2) is 0 Å². The molecule has 0 unspecified atom stereocenters. The molecule has 0 aliphatic heterocycles. The van der Waals surface area contributed by atoms with Crippen LogP contribution >= 0.6 is 0 Å². The van der Waals surface area contributed by atoms with E-state index in [9.17, 15) is 9.59 Å². The maximum absolute atomic E-state index is 12.1. The molecule has 1 aliphatic rings. The Balaban J connectivity index is 2.54. The third-order valence-corrected chi connectivity index (χ3v) is 3.79. The summed E-state index contributed by atoms with van der Waals surface area (Å²) in [7, 11) is 1.55. The highest BCUT2D eigenvalue weighted by molar-refractivity contribution is 5.88. The summed E-state index contributed by atoms with van der Waals surface area (Å²) in [5.74, 6) is 0.409. The van der Waals surface area contributed by atoms with Crippen molar-refractivity contribution < 1.29 is 9.59 Å². The predicted octanol–water partition coefficient (Wildman–Crippen LogP) is 0.00380. The number of likely N-dealkylation sites (N-methyl/N-ethyl adjacent to an activating group) is 1. The number of hydrogen-bond acceptors (Lipinski definition) is 3. The molecule has 17 heavy (non-hydrogen) atoms. The molecule has 0 aromatic rings. The zero-order valence-electron chi connectivity index (χ0n) is 10.7. The van der Waals surface area contributed by atoms with Crippen molar-refractivity contribution in [3.05, 3.63) is 0 Å². The summed E-state index contributed by atoms with van der Waals surface area (Å²) >= 11 is 0. The van der Waals surface area contributed by atoms with Gasteiger partial charge in [-0.3, -0.25) is 9.59 Å². The monoisotopic (exact) mass is 241 g/mol. The van der Waals surface area contributed by atoms with E-state index in [2.05, 4.69) is 17.6 Å². The molecule has 0 aromatic heterocycles. The second-order valence-corrected chi connectivity index (χ2v) is 5.02. The molecule has 0 saturated heterocycles. The number of nitrogens with two attached hydrogens (primary N) is 1. The molecule has 0 bridgehead atoms. The van der Waals surface area contributed by atoms with Gasteiger partial charge in [-0.05, 0) is 31.6 Å². The van der Waals surface area contributed by atoms with E-state index < -0.39 is 5.41 Å². The molecule has 1 saturated carbocycles. The average Bonchev–Trinajstić information content (AvgIpc) is 2.36. The van der Waals surface area contributed by atoms with Crippen LogP contribution in [0.25, 0.3) is 0 Å². The molecule has 5 nitrogen and oxygen atoms in total. The van der Waals surface area contributed by atoms with Gasteiger partial charge in [0.2, 0.25) is 11.8 Å². The van der Waals surface area contributed by atoms with Crippen molar-refractivity contribution in [1.82, 2.24) is 10.6 Å². The van der Waals surface area contributed by atoms with Gasteiger partial charge in [-0.25, -0.2) is 0 Å². The third-order valence-electron chi connectivity index (χ3n) is 3.79. The second kappa shape index (κ2) is 6.00. The first-order chi connectivity index (χ1) is 8.04. The van der Waals surface area contributed by atoms with Gasteiger partial charge in [0, 0.05) is 13.6 Å². The van der Waals surface area contributed by atoms with E-state index in [4.69, 9.17) is 5.73 Å². The summed E-state index contributed by atoms with van der Waals surface area (Å²) in [4.78, 5) is 23.2. The number of carbonyl (C=O) groups is 2. The van der Waals surface area contributed by atoms with Crippen molar-refractivity contribution in [2.24, 2.45) is 17.1 Å². The molecule has 1 fully saturated rings. The van der Waals surface area contributed by atoms with Crippen molar-refractivity contribution in [2.75, 3.05) is 20.1 Å². The minimum absolute atomic E-state index is 0.0344. The lowest BCUT2D eigenvalue weighted by atomic mass is 9.70. The lowest BCUT2D eigenvalue weighted by Gasteiger charge is -2.37. The molecule has 0 spiro atoms. The Morgan fingerprint density at radius 1 is 1.35 bits per heavy atom. The maximum Gasteiger partial charge on any atom is 0.239 e. The maximum atomic E-state index is 12.1. The summed E-state index contributed by atoms with van der Waals surface area (Å²) < 4.78 is 0. The first-order valence-corrected chi connectivity index (χ1v) is 6.23. The van der Waals surface area contributed by atoms with E-state index in [-0.39, 0.29) is 18.4 Å². The van der Waals surface area contributed by atoms with Crippen LogP contribution in [0.1, 0.15) is 32.6 Å². The zero-order chi connectivity index (χ0) is 12.9. The molecule has 5 heteroatoms. The molecule has 2 amide bonds. The first kappa shape index (κ1) is 14.0. The van der Waals surface area contributed by atoms with Gasteiger partial charge in [-0.15, -0.1) is 0 Å². The number of amides is 2.